The lowest BCUT2D eigenvalue weighted by molar-refractivity contribution is -0.134. The fraction of sp³-hybridized carbons (Fsp3) is 0.941. The number of amides is 1. The highest BCUT2D eigenvalue weighted by molar-refractivity contribution is 7.99. The summed E-state index contributed by atoms with van der Waals surface area (Å²) in [4.78, 5) is 19.7. The van der Waals surface area contributed by atoms with Crippen molar-refractivity contribution in [3.05, 3.63) is 0 Å². The Morgan fingerprint density at radius 2 is 1.50 bits per heavy atom. The number of carbonyl (C=O) groups excluding carboxylic acids is 1. The van der Waals surface area contributed by atoms with Crippen LogP contribution in [-0.4, -0.2) is 84.0 Å². The van der Waals surface area contributed by atoms with Gasteiger partial charge in [-0.15, -0.1) is 0 Å². The maximum absolute atomic E-state index is 12.5. The molecule has 5 heteroatoms. The molecule has 3 heterocycles. The van der Waals surface area contributed by atoms with E-state index in [1.807, 2.05) is 0 Å². The molecule has 0 atom stereocenters. The molecule has 0 aromatic rings. The molecular weight excluding hydrogens is 294 g/mol. The largest absolute Gasteiger partial charge is 0.341 e. The zero-order valence-corrected chi connectivity index (χ0v) is 14.7. The van der Waals surface area contributed by atoms with Crippen molar-refractivity contribution in [1.82, 2.24) is 14.7 Å². The first kappa shape index (κ1) is 16.6. The Bertz CT molecular complexity index is 344. The van der Waals surface area contributed by atoms with Crippen molar-refractivity contribution >= 4 is 17.7 Å². The first-order chi connectivity index (χ1) is 10.8. The van der Waals surface area contributed by atoms with Crippen LogP contribution < -0.4 is 0 Å². The van der Waals surface area contributed by atoms with Crippen LogP contribution in [0.1, 0.15) is 38.5 Å². The summed E-state index contributed by atoms with van der Waals surface area (Å²) >= 11 is 2.08. The minimum Gasteiger partial charge on any atom is -0.341 e. The minimum absolute atomic E-state index is 0.370. The molecule has 0 aromatic heterocycles. The van der Waals surface area contributed by atoms with E-state index in [1.54, 1.807) is 0 Å². The normalized spacial score (nSPS) is 26.8. The van der Waals surface area contributed by atoms with Crippen LogP contribution in [0.4, 0.5) is 0 Å². The third kappa shape index (κ3) is 4.62. The third-order valence-corrected chi connectivity index (χ3v) is 6.38. The number of hydrogen-bond donors (Lipinski definition) is 0. The first-order valence-corrected chi connectivity index (χ1v) is 10.3. The Kier molecular flexibility index (Phi) is 6.45. The van der Waals surface area contributed by atoms with Crippen LogP contribution in [0.15, 0.2) is 0 Å². The number of carbonyl (C=O) groups is 1. The van der Waals surface area contributed by atoms with Gasteiger partial charge in [0.1, 0.15) is 0 Å². The maximum atomic E-state index is 12.5. The molecule has 0 N–H and O–H groups in total. The summed E-state index contributed by atoms with van der Waals surface area (Å²) in [6, 6.07) is 0.725. The van der Waals surface area contributed by atoms with Gasteiger partial charge in [0.05, 0.1) is 6.54 Å². The maximum Gasteiger partial charge on any atom is 0.236 e. The first-order valence-electron chi connectivity index (χ1n) is 9.15. The van der Waals surface area contributed by atoms with E-state index in [0.717, 1.165) is 32.2 Å². The number of piperidine rings is 1. The second-order valence-corrected chi connectivity index (χ2v) is 8.18. The SMILES string of the molecule is O=C(CN1CCCCCC1)N1CCC(N2CCSCC2)CC1. The minimum atomic E-state index is 0.370. The van der Waals surface area contributed by atoms with Crippen molar-refractivity contribution in [2.75, 3.05) is 57.3 Å². The average Bonchev–Trinajstić information content (AvgIpc) is 2.84. The van der Waals surface area contributed by atoms with Gasteiger partial charge in [-0.1, -0.05) is 12.8 Å². The zero-order valence-electron chi connectivity index (χ0n) is 13.8. The van der Waals surface area contributed by atoms with E-state index < -0.39 is 0 Å². The summed E-state index contributed by atoms with van der Waals surface area (Å²) in [5.41, 5.74) is 0. The van der Waals surface area contributed by atoms with Gasteiger partial charge in [0.2, 0.25) is 5.91 Å². The number of nitrogens with zero attached hydrogens (tertiary/aromatic N) is 3. The summed E-state index contributed by atoms with van der Waals surface area (Å²) in [5, 5.41) is 0. The molecule has 0 radical (unpaired) electrons. The fourth-order valence-electron chi connectivity index (χ4n) is 4.01. The Hall–Kier alpha value is -0.260. The molecule has 0 aromatic carbocycles. The van der Waals surface area contributed by atoms with Crippen LogP contribution in [0.25, 0.3) is 0 Å². The molecule has 0 spiro atoms. The van der Waals surface area contributed by atoms with Gasteiger partial charge in [0, 0.05) is 43.7 Å². The van der Waals surface area contributed by atoms with Crippen LogP contribution in [0.2, 0.25) is 0 Å². The van der Waals surface area contributed by atoms with E-state index in [0.29, 0.717) is 12.5 Å². The lowest BCUT2D eigenvalue weighted by atomic mass is 10.0. The lowest BCUT2D eigenvalue weighted by Gasteiger charge is -2.40. The second kappa shape index (κ2) is 8.55. The van der Waals surface area contributed by atoms with E-state index >= 15 is 0 Å². The quantitative estimate of drug-likeness (QED) is 0.792. The van der Waals surface area contributed by atoms with Gasteiger partial charge < -0.3 is 4.90 Å². The van der Waals surface area contributed by atoms with Crippen molar-refractivity contribution < 1.29 is 4.79 Å². The number of likely N-dealkylation sites (tertiary alicyclic amines) is 2. The molecule has 3 saturated heterocycles. The second-order valence-electron chi connectivity index (χ2n) is 6.95. The molecule has 0 bridgehead atoms. The van der Waals surface area contributed by atoms with Crippen LogP contribution >= 0.6 is 11.8 Å². The van der Waals surface area contributed by atoms with Crippen LogP contribution in [0.3, 0.4) is 0 Å². The summed E-state index contributed by atoms with van der Waals surface area (Å²) in [6.07, 6.45) is 7.56. The van der Waals surface area contributed by atoms with E-state index in [2.05, 4.69) is 26.5 Å². The van der Waals surface area contributed by atoms with Crippen molar-refractivity contribution in [3.63, 3.8) is 0 Å². The van der Waals surface area contributed by atoms with Crippen molar-refractivity contribution in [3.8, 4) is 0 Å². The van der Waals surface area contributed by atoms with Gasteiger partial charge in [0.25, 0.3) is 0 Å². The summed E-state index contributed by atoms with van der Waals surface area (Å²) in [7, 11) is 0. The van der Waals surface area contributed by atoms with E-state index in [4.69, 9.17) is 0 Å². The van der Waals surface area contributed by atoms with Gasteiger partial charge in [-0.3, -0.25) is 14.6 Å². The smallest absolute Gasteiger partial charge is 0.236 e. The van der Waals surface area contributed by atoms with Crippen LogP contribution in [-0.2, 0) is 4.79 Å². The van der Waals surface area contributed by atoms with Crippen molar-refractivity contribution in [2.24, 2.45) is 0 Å². The van der Waals surface area contributed by atoms with E-state index in [1.165, 1.54) is 63.1 Å². The number of thioether (sulfide) groups is 1. The average molecular weight is 326 g/mol. The molecule has 0 saturated carbocycles. The summed E-state index contributed by atoms with van der Waals surface area (Å²) in [6.45, 7) is 7.34. The Labute approximate surface area is 139 Å². The highest BCUT2D eigenvalue weighted by atomic mass is 32.2. The lowest BCUT2D eigenvalue weighted by Crippen LogP contribution is -2.50. The molecule has 0 unspecified atom stereocenters. The standard InChI is InChI=1S/C17H31N3OS/c21-17(15-18-7-3-1-2-4-8-18)20-9-5-16(6-10-20)19-11-13-22-14-12-19/h16H,1-15H2. The predicted molar refractivity (Wildman–Crippen MR) is 93.4 cm³/mol. The Balaban J connectivity index is 1.41. The van der Waals surface area contributed by atoms with Gasteiger partial charge >= 0.3 is 0 Å². The Morgan fingerprint density at radius 3 is 2.14 bits per heavy atom. The zero-order chi connectivity index (χ0) is 15.2. The summed E-state index contributed by atoms with van der Waals surface area (Å²) in [5.74, 6) is 2.94. The van der Waals surface area contributed by atoms with Crippen molar-refractivity contribution in [1.29, 1.82) is 0 Å². The van der Waals surface area contributed by atoms with E-state index in [9.17, 15) is 4.79 Å². The number of hydrogen-bond acceptors (Lipinski definition) is 4. The number of rotatable bonds is 3. The molecule has 3 fully saturated rings. The molecular formula is C17H31N3OS. The molecule has 3 aliphatic heterocycles. The molecule has 22 heavy (non-hydrogen) atoms. The van der Waals surface area contributed by atoms with Gasteiger partial charge in [-0.2, -0.15) is 11.8 Å². The van der Waals surface area contributed by atoms with Crippen LogP contribution in [0, 0.1) is 0 Å². The topological polar surface area (TPSA) is 26.8 Å². The highest BCUT2D eigenvalue weighted by Gasteiger charge is 2.28. The van der Waals surface area contributed by atoms with Crippen LogP contribution in [0.5, 0.6) is 0 Å². The molecule has 1 amide bonds. The predicted octanol–water partition coefficient (Wildman–Crippen LogP) is 1.90. The van der Waals surface area contributed by atoms with Crippen molar-refractivity contribution in [2.45, 2.75) is 44.6 Å². The van der Waals surface area contributed by atoms with E-state index in [-0.39, 0.29) is 0 Å². The fourth-order valence-corrected chi connectivity index (χ4v) is 4.94. The van der Waals surface area contributed by atoms with Gasteiger partial charge in [0.15, 0.2) is 0 Å². The third-order valence-electron chi connectivity index (χ3n) is 5.44. The monoisotopic (exact) mass is 325 g/mol. The summed E-state index contributed by atoms with van der Waals surface area (Å²) < 4.78 is 0. The van der Waals surface area contributed by atoms with Gasteiger partial charge in [-0.25, -0.2) is 0 Å². The molecule has 3 aliphatic rings. The molecule has 3 rings (SSSR count). The Morgan fingerprint density at radius 1 is 0.864 bits per heavy atom. The molecule has 4 nitrogen and oxygen atoms in total. The molecule has 0 aliphatic carbocycles. The highest BCUT2D eigenvalue weighted by Crippen LogP contribution is 2.21. The van der Waals surface area contributed by atoms with Gasteiger partial charge in [-0.05, 0) is 38.8 Å². The molecule has 126 valence electrons.